The molecule has 16 nitrogen and oxygen atoms in total. The van der Waals surface area contributed by atoms with Crippen molar-refractivity contribution < 1.29 is 23.5 Å². The van der Waals surface area contributed by atoms with Crippen molar-refractivity contribution in [2.75, 3.05) is 37.9 Å². The molecular weight excluding hydrogens is 746 g/mol. The number of ether oxygens (including phenoxy) is 1. The maximum atomic E-state index is 13.5. The first kappa shape index (κ1) is 37.9. The van der Waals surface area contributed by atoms with Crippen molar-refractivity contribution in [2.45, 2.75) is 37.8 Å². The lowest BCUT2D eigenvalue weighted by Crippen LogP contribution is -2.44. The zero-order valence-corrected chi connectivity index (χ0v) is 32.0. The van der Waals surface area contributed by atoms with Crippen LogP contribution in [-0.4, -0.2) is 78.9 Å². The summed E-state index contributed by atoms with van der Waals surface area (Å²) in [5.41, 5.74) is 5.10. The smallest absolute Gasteiger partial charge is 0.329 e. The van der Waals surface area contributed by atoms with Gasteiger partial charge in [-0.2, -0.15) is 0 Å². The van der Waals surface area contributed by atoms with E-state index < -0.39 is 17.8 Å². The zero-order chi connectivity index (χ0) is 40.5. The van der Waals surface area contributed by atoms with Crippen LogP contribution in [0.25, 0.3) is 22.4 Å². The Hall–Kier alpha value is -7.01. The van der Waals surface area contributed by atoms with Crippen molar-refractivity contribution in [1.29, 1.82) is 0 Å². The van der Waals surface area contributed by atoms with E-state index >= 15 is 0 Å². The van der Waals surface area contributed by atoms with Crippen molar-refractivity contribution in [2.24, 2.45) is 7.05 Å². The molecule has 0 spiro atoms. The van der Waals surface area contributed by atoms with Crippen molar-refractivity contribution in [3.05, 3.63) is 112 Å². The standard InChI is InChI=1S/C41H40FN11O5/c1-43-39(55)28-20-45-35(16-30(28)48-29-6-4-5-27(37(29)58-3)38-46-18-26(42)19-47-38)49-34-11-7-23(17-44-34)21-52-14-13-25(22-52)24-8-9-31-33(15-24)51(2)41(57)53(31)32-10-12-36(54)50-40(32)56/h4-9,11,15-20,25,32H,10,12-14,21-22H2,1-3H3,(H,43,55)(H,50,54,56)(H2,44,45,48,49). The van der Waals surface area contributed by atoms with Gasteiger partial charge in [0.25, 0.3) is 5.91 Å². The van der Waals surface area contributed by atoms with Crippen LogP contribution in [0.2, 0.25) is 0 Å². The summed E-state index contributed by atoms with van der Waals surface area (Å²) < 4.78 is 22.3. The van der Waals surface area contributed by atoms with E-state index in [-0.39, 0.29) is 35.7 Å². The molecule has 0 bridgehead atoms. The molecule has 2 aromatic carbocycles. The first-order valence-electron chi connectivity index (χ1n) is 18.7. The Bertz CT molecular complexity index is 2610. The maximum absolute atomic E-state index is 13.5. The molecule has 0 aliphatic carbocycles. The average molecular weight is 786 g/mol. The Morgan fingerprint density at radius 2 is 1.72 bits per heavy atom. The lowest BCUT2D eigenvalue weighted by Gasteiger charge is -2.22. The number of likely N-dealkylation sites (tertiary alicyclic amines) is 1. The molecule has 0 saturated carbocycles. The van der Waals surface area contributed by atoms with Crippen LogP contribution in [0.15, 0.2) is 84.2 Å². The third kappa shape index (κ3) is 7.46. The number of halogens is 1. The number of aryl methyl sites for hydroxylation is 1. The Morgan fingerprint density at radius 1 is 0.914 bits per heavy atom. The van der Waals surface area contributed by atoms with E-state index in [1.807, 2.05) is 36.5 Å². The zero-order valence-electron chi connectivity index (χ0n) is 32.0. The third-order valence-electron chi connectivity index (χ3n) is 10.6. The van der Waals surface area contributed by atoms with Crippen LogP contribution in [-0.2, 0) is 23.2 Å². The summed E-state index contributed by atoms with van der Waals surface area (Å²) in [7, 11) is 4.75. The number of nitrogens with one attached hydrogen (secondary N) is 4. The fraction of sp³-hybridized carbons (Fsp3) is 0.268. The number of carbonyl (C=O) groups is 3. The summed E-state index contributed by atoms with van der Waals surface area (Å²) in [5.74, 6) is 0.270. The minimum absolute atomic E-state index is 0.194. The monoisotopic (exact) mass is 785 g/mol. The van der Waals surface area contributed by atoms with Gasteiger partial charge in [0, 0.05) is 52.1 Å². The number of para-hydroxylation sites is 1. The number of carbonyl (C=O) groups excluding carboxylic acids is 3. The fourth-order valence-electron chi connectivity index (χ4n) is 7.66. The average Bonchev–Trinajstić information content (AvgIpc) is 3.79. The highest BCUT2D eigenvalue weighted by atomic mass is 19.1. The predicted octanol–water partition coefficient (Wildman–Crippen LogP) is 4.55. The highest BCUT2D eigenvalue weighted by Gasteiger charge is 2.32. The minimum Gasteiger partial charge on any atom is -0.494 e. The number of piperidine rings is 1. The normalized spacial score (nSPS) is 17.0. The van der Waals surface area contributed by atoms with Crippen LogP contribution in [0.3, 0.4) is 0 Å². The summed E-state index contributed by atoms with van der Waals surface area (Å²) in [6, 6.07) is 16.2. The van der Waals surface area contributed by atoms with Gasteiger partial charge in [0.05, 0.1) is 53.0 Å². The van der Waals surface area contributed by atoms with Gasteiger partial charge in [-0.3, -0.25) is 33.7 Å². The van der Waals surface area contributed by atoms with E-state index in [9.17, 15) is 23.6 Å². The van der Waals surface area contributed by atoms with Crippen molar-refractivity contribution >= 4 is 51.8 Å². The molecule has 2 atom stereocenters. The number of imide groups is 1. The molecule has 6 aromatic rings. The molecular formula is C41H40FN11O5. The largest absolute Gasteiger partial charge is 0.494 e. The van der Waals surface area contributed by atoms with Crippen LogP contribution in [0.5, 0.6) is 5.75 Å². The van der Waals surface area contributed by atoms with Crippen LogP contribution in [0, 0.1) is 5.82 Å². The summed E-state index contributed by atoms with van der Waals surface area (Å²) in [5, 5.41) is 11.5. The molecule has 2 aliphatic rings. The first-order chi connectivity index (χ1) is 28.1. The number of anilines is 4. The second-order valence-electron chi connectivity index (χ2n) is 14.3. The molecule has 4 N–H and O–H groups in total. The number of pyridine rings is 2. The van der Waals surface area contributed by atoms with Gasteiger partial charge in [-0.15, -0.1) is 0 Å². The molecule has 4 aromatic heterocycles. The van der Waals surface area contributed by atoms with E-state index in [1.165, 1.54) is 24.9 Å². The summed E-state index contributed by atoms with van der Waals surface area (Å²) >= 11 is 0. The van der Waals surface area contributed by atoms with Crippen molar-refractivity contribution in [1.82, 2.24) is 44.6 Å². The van der Waals surface area contributed by atoms with Gasteiger partial charge in [-0.05, 0) is 66.8 Å². The Morgan fingerprint density at radius 3 is 2.47 bits per heavy atom. The minimum atomic E-state index is -0.720. The van der Waals surface area contributed by atoms with Gasteiger partial charge in [-0.25, -0.2) is 29.1 Å². The number of hydrogen-bond donors (Lipinski definition) is 4. The SMILES string of the molecule is CNC(=O)c1cnc(Nc2ccc(CN3CCC(c4ccc5c(c4)n(C)c(=O)n5C4CCC(=O)NC4=O)C3)cn2)cc1Nc1cccc(-c2ncc(F)cn2)c1OC. The second kappa shape index (κ2) is 15.9. The summed E-state index contributed by atoms with van der Waals surface area (Å²) in [6.45, 7) is 2.42. The Balaban J connectivity index is 0.942. The van der Waals surface area contributed by atoms with E-state index in [4.69, 9.17) is 4.74 Å². The molecule has 58 heavy (non-hydrogen) atoms. The molecule has 2 aliphatic heterocycles. The van der Waals surface area contributed by atoms with Crippen LogP contribution in [0.4, 0.5) is 27.4 Å². The molecule has 8 rings (SSSR count). The van der Waals surface area contributed by atoms with E-state index in [1.54, 1.807) is 35.9 Å². The van der Waals surface area contributed by atoms with Crippen LogP contribution < -0.4 is 31.7 Å². The van der Waals surface area contributed by atoms with E-state index in [0.29, 0.717) is 58.4 Å². The van der Waals surface area contributed by atoms with E-state index in [2.05, 4.69) is 46.1 Å². The molecule has 17 heteroatoms. The van der Waals surface area contributed by atoms with Gasteiger partial charge >= 0.3 is 5.69 Å². The van der Waals surface area contributed by atoms with Crippen LogP contribution in [0.1, 0.15) is 52.7 Å². The van der Waals surface area contributed by atoms with Crippen molar-refractivity contribution in [3.8, 4) is 17.1 Å². The van der Waals surface area contributed by atoms with Gasteiger partial charge in [0.1, 0.15) is 17.7 Å². The van der Waals surface area contributed by atoms with Gasteiger partial charge < -0.3 is 20.7 Å². The number of hydrogen-bond acceptors (Lipinski definition) is 12. The molecule has 0 radical (unpaired) electrons. The highest BCUT2D eigenvalue weighted by Crippen LogP contribution is 2.38. The fourth-order valence-corrected chi connectivity index (χ4v) is 7.66. The molecule has 3 amide bonds. The number of rotatable bonds is 11. The Kier molecular flexibility index (Phi) is 10.4. The van der Waals surface area contributed by atoms with Gasteiger partial charge in [0.15, 0.2) is 17.4 Å². The summed E-state index contributed by atoms with van der Waals surface area (Å²) in [4.78, 5) is 70.1. The number of fused-ring (bicyclic) bond motifs is 1. The number of nitrogens with zero attached hydrogens (tertiary/aromatic N) is 7. The first-order valence-corrected chi connectivity index (χ1v) is 18.7. The molecule has 296 valence electrons. The Labute approximate surface area is 331 Å². The number of methoxy groups -OCH3 is 1. The molecule has 6 heterocycles. The molecule has 2 saturated heterocycles. The maximum Gasteiger partial charge on any atom is 0.329 e. The van der Waals surface area contributed by atoms with E-state index in [0.717, 1.165) is 48.5 Å². The number of aromatic nitrogens is 6. The molecule has 2 fully saturated rings. The second-order valence-corrected chi connectivity index (χ2v) is 14.3. The van der Waals surface area contributed by atoms with Crippen LogP contribution >= 0.6 is 0 Å². The topological polar surface area (TPSA) is 190 Å². The lowest BCUT2D eigenvalue weighted by molar-refractivity contribution is -0.135. The highest BCUT2D eigenvalue weighted by molar-refractivity contribution is 6.01. The number of benzene rings is 2. The van der Waals surface area contributed by atoms with Gasteiger partial charge in [-0.1, -0.05) is 18.2 Å². The lowest BCUT2D eigenvalue weighted by atomic mass is 9.98. The predicted molar refractivity (Wildman–Crippen MR) is 214 cm³/mol. The summed E-state index contributed by atoms with van der Waals surface area (Å²) in [6.07, 6.45) is 6.88. The number of imidazole rings is 1. The number of amides is 3. The molecule has 2 unspecified atom stereocenters. The quantitative estimate of drug-likeness (QED) is 0.134. The van der Waals surface area contributed by atoms with Crippen molar-refractivity contribution in [3.63, 3.8) is 0 Å². The third-order valence-corrected chi connectivity index (χ3v) is 10.6. The van der Waals surface area contributed by atoms with Gasteiger partial charge in [0.2, 0.25) is 11.8 Å².